The van der Waals surface area contributed by atoms with Gasteiger partial charge in [0.2, 0.25) is 5.91 Å². The van der Waals surface area contributed by atoms with Gasteiger partial charge < -0.3 is 25.4 Å². The first-order valence-corrected chi connectivity index (χ1v) is 12.9. The van der Waals surface area contributed by atoms with E-state index in [-0.39, 0.29) is 23.8 Å². The molecule has 216 valence electrons. The van der Waals surface area contributed by atoms with Gasteiger partial charge in [0, 0.05) is 23.1 Å². The van der Waals surface area contributed by atoms with E-state index < -0.39 is 41.4 Å². The summed E-state index contributed by atoms with van der Waals surface area (Å²) >= 11 is 1.04. The lowest BCUT2D eigenvalue weighted by atomic mass is 10.2. The maximum absolute atomic E-state index is 13.5. The third-order valence-corrected chi connectivity index (χ3v) is 6.34. The molecule has 0 bridgehead atoms. The van der Waals surface area contributed by atoms with E-state index in [9.17, 15) is 27.6 Å². The number of hydrogen-bond acceptors (Lipinski definition) is 7. The van der Waals surface area contributed by atoms with E-state index in [1.54, 1.807) is 51.1 Å². The van der Waals surface area contributed by atoms with Crippen molar-refractivity contribution in [3.8, 4) is 10.8 Å². The van der Waals surface area contributed by atoms with Crippen LogP contribution in [0.5, 0.6) is 5.75 Å². The number of para-hydroxylation sites is 1. The molecule has 0 spiro atoms. The Morgan fingerprint density at radius 3 is 2.40 bits per heavy atom. The second-order valence-electron chi connectivity index (χ2n) is 9.64. The van der Waals surface area contributed by atoms with Crippen molar-refractivity contribution >= 4 is 29.2 Å². The van der Waals surface area contributed by atoms with Crippen LogP contribution in [0.2, 0.25) is 0 Å². The molecule has 14 heteroatoms. The number of nitrogens with one attached hydrogen (secondary N) is 3. The van der Waals surface area contributed by atoms with E-state index in [0.29, 0.717) is 22.3 Å². The van der Waals surface area contributed by atoms with Crippen LogP contribution in [0.3, 0.4) is 0 Å². The van der Waals surface area contributed by atoms with Gasteiger partial charge in [0.25, 0.3) is 5.91 Å². The van der Waals surface area contributed by atoms with Crippen LogP contribution in [0, 0.1) is 0 Å². The monoisotopic (exact) mass is 581 g/mol. The van der Waals surface area contributed by atoms with Crippen LogP contribution < -0.4 is 20.7 Å². The zero-order valence-electron chi connectivity index (χ0n) is 22.5. The molecule has 0 aliphatic heterocycles. The summed E-state index contributed by atoms with van der Waals surface area (Å²) in [5, 5.41) is 11.6. The van der Waals surface area contributed by atoms with Crippen LogP contribution in [-0.2, 0) is 28.8 Å². The second kappa shape index (κ2) is 12.4. The fourth-order valence-electron chi connectivity index (χ4n) is 3.42. The summed E-state index contributed by atoms with van der Waals surface area (Å²) in [4.78, 5) is 37.8. The Hall–Kier alpha value is -4.07. The van der Waals surface area contributed by atoms with Gasteiger partial charge >= 0.3 is 12.3 Å². The second-order valence-corrected chi connectivity index (χ2v) is 10.8. The molecule has 0 radical (unpaired) electrons. The van der Waals surface area contributed by atoms with Crippen LogP contribution in [-0.4, -0.2) is 46.4 Å². The third-order valence-electron chi connectivity index (χ3n) is 5.28. The quantitative estimate of drug-likeness (QED) is 0.344. The predicted octanol–water partition coefficient (Wildman–Crippen LogP) is 4.42. The highest BCUT2D eigenvalue weighted by Crippen LogP contribution is 2.31. The Bertz CT molecular complexity index is 1360. The van der Waals surface area contributed by atoms with Gasteiger partial charge in [-0.15, -0.1) is 11.3 Å². The lowest BCUT2D eigenvalue weighted by molar-refractivity contribution is -0.141. The molecule has 3 rings (SSSR count). The number of carbonyl (C=O) groups is 3. The van der Waals surface area contributed by atoms with Crippen molar-refractivity contribution in [3.05, 3.63) is 64.3 Å². The summed E-state index contributed by atoms with van der Waals surface area (Å²) in [5.74, 6) is -0.734. The van der Waals surface area contributed by atoms with E-state index >= 15 is 0 Å². The predicted molar refractivity (Wildman–Crippen MR) is 141 cm³/mol. The first-order valence-electron chi connectivity index (χ1n) is 12.1. The van der Waals surface area contributed by atoms with Gasteiger partial charge in [-0.2, -0.15) is 18.3 Å². The summed E-state index contributed by atoms with van der Waals surface area (Å²) < 4.78 is 51.7. The van der Waals surface area contributed by atoms with Crippen molar-refractivity contribution in [1.29, 1.82) is 0 Å². The van der Waals surface area contributed by atoms with Crippen molar-refractivity contribution in [2.45, 2.75) is 58.6 Å². The van der Waals surface area contributed by atoms with Crippen molar-refractivity contribution in [2.24, 2.45) is 0 Å². The average molecular weight is 582 g/mol. The van der Waals surface area contributed by atoms with E-state index in [2.05, 4.69) is 21.0 Å². The number of alkyl halides is 3. The fourth-order valence-corrected chi connectivity index (χ4v) is 4.33. The van der Waals surface area contributed by atoms with E-state index in [4.69, 9.17) is 9.47 Å². The number of hydrogen-bond donors (Lipinski definition) is 3. The highest BCUT2D eigenvalue weighted by molar-refractivity contribution is 7.14. The van der Waals surface area contributed by atoms with Crippen molar-refractivity contribution < 1.29 is 37.0 Å². The molecular formula is C26H30F3N5O5S. The van der Waals surface area contributed by atoms with Gasteiger partial charge in [0.15, 0.2) is 5.69 Å². The van der Waals surface area contributed by atoms with Crippen molar-refractivity contribution in [3.63, 3.8) is 0 Å². The van der Waals surface area contributed by atoms with Crippen LogP contribution in [0.15, 0.2) is 42.5 Å². The van der Waals surface area contributed by atoms with Gasteiger partial charge in [-0.25, -0.2) is 9.48 Å². The Kier molecular flexibility index (Phi) is 9.45. The lowest BCUT2D eigenvalue weighted by Gasteiger charge is -2.21. The van der Waals surface area contributed by atoms with Gasteiger partial charge in [-0.05, 0) is 45.9 Å². The maximum Gasteiger partial charge on any atom is 0.435 e. The molecule has 10 nitrogen and oxygen atoms in total. The zero-order valence-corrected chi connectivity index (χ0v) is 23.3. The highest BCUT2D eigenvalue weighted by Gasteiger charge is 2.36. The Labute approximate surface area is 232 Å². The molecule has 0 aliphatic carbocycles. The summed E-state index contributed by atoms with van der Waals surface area (Å²) in [6, 6.07) is 9.81. The fraction of sp³-hybridized carbons (Fsp3) is 0.385. The van der Waals surface area contributed by atoms with E-state index in [1.807, 2.05) is 0 Å². The number of thiophene rings is 1. The molecule has 1 aromatic carbocycles. The first-order chi connectivity index (χ1) is 18.7. The van der Waals surface area contributed by atoms with Crippen LogP contribution >= 0.6 is 11.3 Å². The van der Waals surface area contributed by atoms with Crippen LogP contribution in [0.1, 0.15) is 54.3 Å². The van der Waals surface area contributed by atoms with Gasteiger partial charge in [0.05, 0.1) is 13.7 Å². The van der Waals surface area contributed by atoms with Crippen LogP contribution in [0.25, 0.3) is 5.00 Å². The molecule has 0 saturated heterocycles. The standard InChI is InChI=1S/C26H30F3N5O5S/c1-15(32-24(37)39-25(2,3)4)22(35)31-14-17-10-11-21(40-17)34-18(12-20(33-34)26(27,28)29)23(36)30-13-16-8-6-7-9-19(16)38-5/h6-12,15H,13-14H2,1-5H3,(H,30,36)(H,31,35)(H,32,37). The smallest absolute Gasteiger partial charge is 0.435 e. The number of aromatic nitrogens is 2. The number of alkyl carbamates (subject to hydrolysis) is 1. The van der Waals surface area contributed by atoms with Gasteiger partial charge in [-0.1, -0.05) is 18.2 Å². The molecule has 0 saturated carbocycles. The van der Waals surface area contributed by atoms with Gasteiger partial charge in [-0.3, -0.25) is 9.59 Å². The lowest BCUT2D eigenvalue weighted by Crippen LogP contribution is -2.46. The minimum absolute atomic E-state index is 0.0205. The molecule has 1 atom stereocenters. The van der Waals surface area contributed by atoms with Gasteiger partial charge in [0.1, 0.15) is 28.1 Å². The topological polar surface area (TPSA) is 124 Å². The molecule has 3 aromatic rings. The largest absolute Gasteiger partial charge is 0.496 e. The van der Waals surface area contributed by atoms with Crippen LogP contribution in [0.4, 0.5) is 18.0 Å². The number of carbonyl (C=O) groups excluding carboxylic acids is 3. The normalized spacial score (nSPS) is 12.4. The Morgan fingerprint density at radius 2 is 1.75 bits per heavy atom. The molecule has 0 fully saturated rings. The average Bonchev–Trinajstić information content (AvgIpc) is 3.52. The number of amides is 3. The molecule has 3 N–H and O–H groups in total. The summed E-state index contributed by atoms with van der Waals surface area (Å²) in [6.45, 7) is 6.62. The van der Waals surface area contributed by atoms with E-state index in [1.165, 1.54) is 20.1 Å². The summed E-state index contributed by atoms with van der Waals surface area (Å²) in [6.07, 6.45) is -5.52. The van der Waals surface area contributed by atoms with Crippen molar-refractivity contribution in [1.82, 2.24) is 25.7 Å². The molecule has 3 amide bonds. The number of nitrogens with zero attached hydrogens (tertiary/aromatic N) is 2. The first kappa shape index (κ1) is 30.5. The Balaban J connectivity index is 1.72. The van der Waals surface area contributed by atoms with E-state index in [0.717, 1.165) is 16.0 Å². The maximum atomic E-state index is 13.5. The minimum Gasteiger partial charge on any atom is -0.496 e. The zero-order chi connectivity index (χ0) is 29.7. The molecule has 0 aliphatic rings. The molecular weight excluding hydrogens is 551 g/mol. The third kappa shape index (κ3) is 8.21. The number of methoxy groups -OCH3 is 1. The summed E-state index contributed by atoms with van der Waals surface area (Å²) in [5.41, 5.74) is -1.61. The number of ether oxygens (including phenoxy) is 2. The highest BCUT2D eigenvalue weighted by atomic mass is 32.1. The molecule has 1 unspecified atom stereocenters. The summed E-state index contributed by atoms with van der Waals surface area (Å²) in [7, 11) is 1.47. The number of rotatable bonds is 9. The van der Waals surface area contributed by atoms with Crippen molar-refractivity contribution in [2.75, 3.05) is 7.11 Å². The molecule has 40 heavy (non-hydrogen) atoms. The molecule has 2 aromatic heterocycles. The SMILES string of the molecule is COc1ccccc1CNC(=O)c1cc(C(F)(F)F)nn1-c1ccc(CNC(=O)C(C)NC(=O)OC(C)(C)C)s1. The number of halogens is 3. The number of benzene rings is 1. The minimum atomic E-state index is -4.77. The Morgan fingerprint density at radius 1 is 1.05 bits per heavy atom. The molecule has 2 heterocycles.